The van der Waals surface area contributed by atoms with E-state index in [1.165, 1.54) is 5.39 Å². The van der Waals surface area contributed by atoms with Gasteiger partial charge in [-0.1, -0.05) is 24.3 Å². The zero-order chi connectivity index (χ0) is 8.67. The molecular weight excluding hydrogens is 162 g/mol. The van der Waals surface area contributed by atoms with E-state index < -0.39 is 0 Å². The van der Waals surface area contributed by atoms with Gasteiger partial charge in [-0.15, -0.1) is 10.2 Å². The molecule has 0 amide bonds. The molecule has 1 aromatic carbocycles. The maximum atomic E-state index is 4.06. The van der Waals surface area contributed by atoms with Crippen LogP contribution in [0.5, 0.6) is 0 Å². The Kier molecular flexibility index (Phi) is 1.16. The highest BCUT2D eigenvalue weighted by Crippen LogP contribution is 2.16. The quantitative estimate of drug-likeness (QED) is 0.514. The summed E-state index contributed by atoms with van der Waals surface area (Å²) in [6.07, 6.45) is 3.68. The van der Waals surface area contributed by atoms with E-state index in [9.17, 15) is 0 Å². The summed E-state index contributed by atoms with van der Waals surface area (Å²) < 4.78 is 1.92. The van der Waals surface area contributed by atoms with Crippen molar-refractivity contribution in [1.82, 2.24) is 14.6 Å². The van der Waals surface area contributed by atoms with E-state index in [1.807, 2.05) is 22.7 Å². The lowest BCUT2D eigenvalue weighted by Gasteiger charge is -1.97. The van der Waals surface area contributed by atoms with Crippen LogP contribution >= 0.6 is 0 Å². The first-order chi connectivity index (χ1) is 6.45. The van der Waals surface area contributed by atoms with Gasteiger partial charge < -0.3 is 0 Å². The minimum Gasteiger partial charge on any atom is -0.289 e. The van der Waals surface area contributed by atoms with E-state index in [0.717, 1.165) is 11.0 Å². The van der Waals surface area contributed by atoms with Crippen LogP contribution in [0.4, 0.5) is 0 Å². The maximum absolute atomic E-state index is 4.06. The Hall–Kier alpha value is -1.90. The van der Waals surface area contributed by atoms with E-state index in [4.69, 9.17) is 0 Å². The monoisotopic (exact) mass is 169 g/mol. The molecule has 0 unspecified atom stereocenters. The minimum atomic E-state index is 0.915. The number of nitrogens with zero attached hydrogens (tertiary/aromatic N) is 3. The first-order valence-corrected chi connectivity index (χ1v) is 4.12. The molecule has 13 heavy (non-hydrogen) atoms. The van der Waals surface area contributed by atoms with Gasteiger partial charge in [-0.2, -0.15) is 0 Å². The fourth-order valence-corrected chi connectivity index (χ4v) is 1.55. The second-order valence-electron chi connectivity index (χ2n) is 2.96. The van der Waals surface area contributed by atoms with E-state index in [0.29, 0.717) is 0 Å². The number of aromatic nitrogens is 3. The summed E-state index contributed by atoms with van der Waals surface area (Å²) in [4.78, 5) is 0. The zero-order valence-electron chi connectivity index (χ0n) is 6.88. The summed E-state index contributed by atoms with van der Waals surface area (Å²) in [5.41, 5.74) is 0.915. The number of pyridine rings is 1. The van der Waals surface area contributed by atoms with Gasteiger partial charge in [0.15, 0.2) is 5.65 Å². The van der Waals surface area contributed by atoms with Crippen molar-refractivity contribution in [3.63, 3.8) is 0 Å². The van der Waals surface area contributed by atoms with Crippen molar-refractivity contribution in [2.24, 2.45) is 0 Å². The van der Waals surface area contributed by atoms with Gasteiger partial charge in [0.05, 0.1) is 0 Å². The Balaban J connectivity index is 2.65. The van der Waals surface area contributed by atoms with Gasteiger partial charge in [0.25, 0.3) is 0 Å². The number of hydrogen-bond donors (Lipinski definition) is 0. The highest BCUT2D eigenvalue weighted by Gasteiger charge is 1.99. The van der Waals surface area contributed by atoms with Crippen molar-refractivity contribution in [3.8, 4) is 0 Å². The summed E-state index contributed by atoms with van der Waals surface area (Å²) in [7, 11) is 0. The largest absolute Gasteiger partial charge is 0.289 e. The predicted molar refractivity (Wildman–Crippen MR) is 50.5 cm³/mol. The smallest absolute Gasteiger partial charge is 0.168 e. The Labute approximate surface area is 74.6 Å². The second-order valence-corrected chi connectivity index (χ2v) is 2.96. The van der Waals surface area contributed by atoms with Crippen LogP contribution in [0.1, 0.15) is 0 Å². The highest BCUT2D eigenvalue weighted by molar-refractivity contribution is 5.93. The van der Waals surface area contributed by atoms with E-state index in [2.05, 4.69) is 28.4 Å². The van der Waals surface area contributed by atoms with E-state index in [1.54, 1.807) is 6.33 Å². The molecule has 3 aromatic rings. The van der Waals surface area contributed by atoms with Crippen molar-refractivity contribution in [2.75, 3.05) is 0 Å². The SMILES string of the molecule is c1ccc2c(c1)ccn1cnnc21. The molecule has 2 heterocycles. The predicted octanol–water partition coefficient (Wildman–Crippen LogP) is 1.88. The molecular formula is C10H7N3. The fraction of sp³-hybridized carbons (Fsp3) is 0. The standard InChI is InChI=1S/C10H7N3/c1-2-4-9-8(3-1)5-6-13-7-11-12-10(9)13/h1-7H. The summed E-state index contributed by atoms with van der Waals surface area (Å²) in [5, 5.41) is 10.3. The molecule has 0 N–H and O–H groups in total. The number of rotatable bonds is 0. The Morgan fingerprint density at radius 2 is 2.00 bits per heavy atom. The van der Waals surface area contributed by atoms with Gasteiger partial charge in [-0.3, -0.25) is 4.40 Å². The highest BCUT2D eigenvalue weighted by atomic mass is 15.2. The first-order valence-electron chi connectivity index (χ1n) is 4.12. The Morgan fingerprint density at radius 3 is 3.00 bits per heavy atom. The first kappa shape index (κ1) is 6.60. The molecule has 3 nitrogen and oxygen atoms in total. The van der Waals surface area contributed by atoms with Crippen LogP contribution in [-0.4, -0.2) is 14.6 Å². The van der Waals surface area contributed by atoms with Crippen molar-refractivity contribution < 1.29 is 0 Å². The van der Waals surface area contributed by atoms with Gasteiger partial charge in [-0.25, -0.2) is 0 Å². The summed E-state index contributed by atoms with van der Waals surface area (Å²) >= 11 is 0. The lowest BCUT2D eigenvalue weighted by molar-refractivity contribution is 1.10. The van der Waals surface area contributed by atoms with E-state index >= 15 is 0 Å². The van der Waals surface area contributed by atoms with Crippen molar-refractivity contribution >= 4 is 16.4 Å². The van der Waals surface area contributed by atoms with Crippen LogP contribution in [0.2, 0.25) is 0 Å². The van der Waals surface area contributed by atoms with Gasteiger partial charge in [-0.05, 0) is 11.5 Å². The molecule has 0 aliphatic heterocycles. The van der Waals surface area contributed by atoms with Crippen LogP contribution in [0.15, 0.2) is 42.9 Å². The molecule has 0 saturated carbocycles. The Bertz CT molecular complexity index is 568. The number of hydrogen-bond acceptors (Lipinski definition) is 2. The molecule has 0 spiro atoms. The minimum absolute atomic E-state index is 0.915. The lowest BCUT2D eigenvalue weighted by Crippen LogP contribution is -1.83. The third-order valence-electron chi connectivity index (χ3n) is 2.19. The molecule has 2 aromatic heterocycles. The molecule has 0 bridgehead atoms. The van der Waals surface area contributed by atoms with Crippen molar-refractivity contribution in [3.05, 3.63) is 42.9 Å². The average molecular weight is 169 g/mol. The van der Waals surface area contributed by atoms with Crippen LogP contribution in [-0.2, 0) is 0 Å². The molecule has 3 rings (SSSR count). The van der Waals surface area contributed by atoms with Gasteiger partial charge in [0.1, 0.15) is 6.33 Å². The number of fused-ring (bicyclic) bond motifs is 3. The normalized spacial score (nSPS) is 11.1. The van der Waals surface area contributed by atoms with Gasteiger partial charge >= 0.3 is 0 Å². The third kappa shape index (κ3) is 0.839. The molecule has 0 atom stereocenters. The van der Waals surface area contributed by atoms with Crippen molar-refractivity contribution in [2.45, 2.75) is 0 Å². The molecule has 0 aliphatic carbocycles. The molecule has 0 saturated heterocycles. The Morgan fingerprint density at radius 1 is 1.08 bits per heavy atom. The van der Waals surface area contributed by atoms with Crippen LogP contribution < -0.4 is 0 Å². The molecule has 0 radical (unpaired) electrons. The van der Waals surface area contributed by atoms with Crippen LogP contribution in [0.3, 0.4) is 0 Å². The van der Waals surface area contributed by atoms with Crippen LogP contribution in [0, 0.1) is 0 Å². The summed E-state index contributed by atoms with van der Waals surface area (Å²) in [6.45, 7) is 0. The van der Waals surface area contributed by atoms with Crippen LogP contribution in [0.25, 0.3) is 16.4 Å². The van der Waals surface area contributed by atoms with Gasteiger partial charge in [0, 0.05) is 11.6 Å². The summed E-state index contributed by atoms with van der Waals surface area (Å²) in [5.74, 6) is 0. The average Bonchev–Trinajstić information content (AvgIpc) is 2.65. The molecule has 62 valence electrons. The van der Waals surface area contributed by atoms with E-state index in [-0.39, 0.29) is 0 Å². The second kappa shape index (κ2) is 2.29. The molecule has 0 aliphatic rings. The maximum Gasteiger partial charge on any atom is 0.168 e. The van der Waals surface area contributed by atoms with Gasteiger partial charge in [0.2, 0.25) is 0 Å². The molecule has 0 fully saturated rings. The van der Waals surface area contributed by atoms with Crippen molar-refractivity contribution in [1.29, 1.82) is 0 Å². The fourth-order valence-electron chi connectivity index (χ4n) is 1.55. The topological polar surface area (TPSA) is 30.2 Å². The number of benzene rings is 1. The zero-order valence-corrected chi connectivity index (χ0v) is 6.88. The third-order valence-corrected chi connectivity index (χ3v) is 2.19. The molecule has 3 heteroatoms. The summed E-state index contributed by atoms with van der Waals surface area (Å²) in [6, 6.07) is 10.2. The lowest BCUT2D eigenvalue weighted by atomic mass is 10.2.